The number of halogens is 1. The lowest BCUT2D eigenvalue weighted by Gasteiger charge is -2.03. The van der Waals surface area contributed by atoms with Gasteiger partial charge >= 0.3 is 0 Å². The fourth-order valence-electron chi connectivity index (χ4n) is 2.81. The molecule has 0 aliphatic heterocycles. The Hall–Kier alpha value is -2.84. The van der Waals surface area contributed by atoms with Crippen molar-refractivity contribution in [2.75, 3.05) is 52.3 Å². The highest BCUT2D eigenvalue weighted by Crippen LogP contribution is 2.30. The summed E-state index contributed by atoms with van der Waals surface area (Å²) in [6, 6.07) is 5.26. The Bertz CT molecular complexity index is 912. The van der Waals surface area contributed by atoms with Crippen LogP contribution in [0, 0.1) is 0 Å². The maximum atomic E-state index is 10.7. The molecule has 0 aliphatic rings. The van der Waals surface area contributed by atoms with Crippen LogP contribution in [0.5, 0.6) is 0 Å². The smallest absolute Gasteiger partial charge is 0.190 e. The molecule has 4 N–H and O–H groups in total. The molecule has 1 heterocycles. The van der Waals surface area contributed by atoms with Crippen LogP contribution in [0.2, 0.25) is 0 Å². The molecule has 40 heavy (non-hydrogen) atoms. The number of aldehydes is 1. The molecule has 0 saturated heterocycles. The molecule has 0 aliphatic carbocycles. The Morgan fingerprint density at radius 2 is 1.77 bits per heavy atom. The van der Waals surface area contributed by atoms with Gasteiger partial charge in [0, 0.05) is 38.1 Å². The molecule has 8 nitrogen and oxygen atoms in total. The van der Waals surface area contributed by atoms with Crippen molar-refractivity contribution >= 4 is 52.4 Å². The Kier molecular flexibility index (Phi) is 35.8. The summed E-state index contributed by atoms with van der Waals surface area (Å²) in [7, 11) is 7.62. The van der Waals surface area contributed by atoms with Crippen molar-refractivity contribution in [2.45, 2.75) is 80.0 Å². The topological polar surface area (TPSA) is 113 Å². The van der Waals surface area contributed by atoms with Crippen molar-refractivity contribution in [1.82, 2.24) is 10.2 Å². The van der Waals surface area contributed by atoms with E-state index in [2.05, 4.69) is 41.5 Å². The summed E-state index contributed by atoms with van der Waals surface area (Å²) < 4.78 is 5.31. The van der Waals surface area contributed by atoms with Gasteiger partial charge in [0.05, 0.1) is 17.4 Å². The molecule has 9 heteroatoms. The SMILES string of the molecule is C/C=C\C(Cl)CNC=NC.CC.CC.CCCC(C)=O.CCCN(C)C.CNc1c(C=O)oc2ccc(N)cc12. The van der Waals surface area contributed by atoms with Crippen LogP contribution in [0.1, 0.15) is 85.2 Å². The minimum Gasteiger partial charge on any atom is -0.451 e. The third-order valence-corrected chi connectivity index (χ3v) is 4.60. The molecular formula is C31H58ClN5O3. The highest BCUT2D eigenvalue weighted by atomic mass is 35.5. The van der Waals surface area contributed by atoms with E-state index in [0.717, 1.165) is 24.8 Å². The zero-order chi connectivity index (χ0) is 31.9. The number of Topliss-reactive ketones (excluding diaryl/α,β-unsaturated/α-hetero) is 1. The molecule has 1 unspecified atom stereocenters. The Morgan fingerprint density at radius 1 is 1.18 bits per heavy atom. The molecule has 0 fully saturated rings. The van der Waals surface area contributed by atoms with Crippen LogP contribution in [0.15, 0.2) is 39.8 Å². The van der Waals surface area contributed by atoms with Gasteiger partial charge in [0.2, 0.25) is 0 Å². The van der Waals surface area contributed by atoms with Gasteiger partial charge in [-0.1, -0.05) is 53.7 Å². The molecule has 0 amide bonds. The minimum absolute atomic E-state index is 0.0583. The summed E-state index contributed by atoms with van der Waals surface area (Å²) in [5.41, 5.74) is 7.63. The van der Waals surface area contributed by atoms with E-state index in [1.54, 1.807) is 45.6 Å². The number of alkyl halides is 1. The zero-order valence-corrected chi connectivity index (χ0v) is 28.0. The third kappa shape index (κ3) is 25.4. The van der Waals surface area contributed by atoms with Gasteiger partial charge in [-0.15, -0.1) is 11.6 Å². The number of nitrogens with zero attached hydrogens (tertiary/aromatic N) is 2. The number of rotatable bonds is 10. The van der Waals surface area contributed by atoms with E-state index in [1.807, 2.05) is 53.7 Å². The van der Waals surface area contributed by atoms with Crippen molar-refractivity contribution in [1.29, 1.82) is 0 Å². The molecular weight excluding hydrogens is 526 g/mol. The number of carbonyl (C=O) groups excluding carboxylic acids is 2. The monoisotopic (exact) mass is 583 g/mol. The van der Waals surface area contributed by atoms with Gasteiger partial charge < -0.3 is 30.5 Å². The first kappa shape index (κ1) is 44.2. The summed E-state index contributed by atoms with van der Waals surface area (Å²) in [5.74, 6) is 0.589. The molecule has 0 radical (unpaired) electrons. The average molecular weight is 584 g/mol. The fraction of sp³-hybridized carbons (Fsp3) is 0.581. The third-order valence-electron chi connectivity index (χ3n) is 4.30. The molecule has 1 atom stereocenters. The van der Waals surface area contributed by atoms with Crippen LogP contribution in [-0.2, 0) is 4.79 Å². The van der Waals surface area contributed by atoms with Crippen molar-refractivity contribution in [3.8, 4) is 0 Å². The van der Waals surface area contributed by atoms with Crippen LogP contribution in [0.25, 0.3) is 11.0 Å². The van der Waals surface area contributed by atoms with E-state index >= 15 is 0 Å². The van der Waals surface area contributed by atoms with E-state index in [1.165, 1.54) is 13.0 Å². The van der Waals surface area contributed by atoms with Crippen LogP contribution in [0.3, 0.4) is 0 Å². The Morgan fingerprint density at radius 3 is 2.12 bits per heavy atom. The Balaban J connectivity index is -0.000000220. The second-order valence-electron chi connectivity index (χ2n) is 8.06. The maximum absolute atomic E-state index is 10.7. The number of hydrogen-bond acceptors (Lipinski definition) is 7. The van der Waals surface area contributed by atoms with E-state index in [9.17, 15) is 9.59 Å². The normalized spacial score (nSPS) is 10.3. The van der Waals surface area contributed by atoms with Gasteiger partial charge in [0.25, 0.3) is 0 Å². The van der Waals surface area contributed by atoms with E-state index in [4.69, 9.17) is 21.8 Å². The lowest BCUT2D eigenvalue weighted by molar-refractivity contribution is -0.117. The highest BCUT2D eigenvalue weighted by Gasteiger charge is 2.11. The number of furan rings is 1. The number of nitrogen functional groups attached to an aromatic ring is 1. The average Bonchev–Trinajstić information content (AvgIpc) is 3.29. The number of nitrogens with one attached hydrogen (secondary N) is 2. The van der Waals surface area contributed by atoms with Gasteiger partial charge in [-0.05, 0) is 65.5 Å². The number of nitrogens with two attached hydrogens (primary N) is 1. The lowest BCUT2D eigenvalue weighted by Crippen LogP contribution is -2.20. The standard InChI is InChI=1S/C10H10N2O2.C7H13ClN2.C5H13N.C5H10O.2C2H6/c1-12-10-7-4-6(11)2-3-8(7)14-9(10)5-13;1-3-4-7(8)5-10-6-9-2;1-4-5-6(2)3;1-3-4-5(2)6;2*1-2/h2-5,12H,11H2,1H3;3-4,6-7H,5H2,1-2H3,(H,9,10);4-5H2,1-3H3;3-4H2,1-2H3;2*1-2H3/b;4-3-;;;;. The first-order valence-corrected chi connectivity index (χ1v) is 14.5. The molecule has 1 aromatic carbocycles. The highest BCUT2D eigenvalue weighted by molar-refractivity contribution is 6.22. The number of ketones is 1. The van der Waals surface area contributed by atoms with Gasteiger partial charge in [-0.3, -0.25) is 9.79 Å². The Labute approximate surface area is 249 Å². The van der Waals surface area contributed by atoms with Crippen LogP contribution in [-0.4, -0.2) is 70.0 Å². The molecule has 1 aromatic heterocycles. The van der Waals surface area contributed by atoms with Gasteiger partial charge in [-0.2, -0.15) is 0 Å². The number of hydrogen-bond donors (Lipinski definition) is 3. The van der Waals surface area contributed by atoms with E-state index < -0.39 is 0 Å². The van der Waals surface area contributed by atoms with Crippen molar-refractivity contribution in [2.24, 2.45) is 4.99 Å². The molecule has 0 bridgehead atoms. The number of aliphatic imine (C=N–C) groups is 1. The van der Waals surface area contributed by atoms with E-state index in [0.29, 0.717) is 29.0 Å². The predicted octanol–water partition coefficient (Wildman–Crippen LogP) is 7.67. The van der Waals surface area contributed by atoms with Crippen molar-refractivity contribution < 1.29 is 14.0 Å². The summed E-state index contributed by atoms with van der Waals surface area (Å²) >= 11 is 5.81. The molecule has 2 rings (SSSR count). The van der Waals surface area contributed by atoms with Crippen molar-refractivity contribution in [3.05, 3.63) is 36.1 Å². The molecule has 2 aromatic rings. The lowest BCUT2D eigenvalue weighted by atomic mass is 10.2. The summed E-state index contributed by atoms with van der Waals surface area (Å²) in [5, 5.41) is 6.75. The number of anilines is 2. The maximum Gasteiger partial charge on any atom is 0.190 e. The zero-order valence-electron chi connectivity index (χ0n) is 27.2. The predicted molar refractivity (Wildman–Crippen MR) is 180 cm³/mol. The first-order chi connectivity index (χ1) is 19.1. The minimum atomic E-state index is 0.0583. The number of benzene rings is 1. The number of allylic oxidation sites excluding steroid dienone is 1. The van der Waals surface area contributed by atoms with Crippen LogP contribution >= 0.6 is 11.6 Å². The molecule has 0 spiro atoms. The van der Waals surface area contributed by atoms with Crippen LogP contribution < -0.4 is 16.4 Å². The van der Waals surface area contributed by atoms with Gasteiger partial charge in [0.1, 0.15) is 11.4 Å². The van der Waals surface area contributed by atoms with Gasteiger partial charge in [0.15, 0.2) is 12.0 Å². The van der Waals surface area contributed by atoms with E-state index in [-0.39, 0.29) is 11.2 Å². The molecule has 0 saturated carbocycles. The first-order valence-electron chi connectivity index (χ1n) is 14.1. The number of fused-ring (bicyclic) bond motifs is 1. The van der Waals surface area contributed by atoms with Crippen LogP contribution in [0.4, 0.5) is 11.4 Å². The largest absolute Gasteiger partial charge is 0.451 e. The fourth-order valence-corrected chi connectivity index (χ4v) is 3.04. The second kappa shape index (κ2) is 32.4. The summed E-state index contributed by atoms with van der Waals surface area (Å²) in [6.07, 6.45) is 9.16. The second-order valence-corrected chi connectivity index (χ2v) is 8.62. The van der Waals surface area contributed by atoms with Gasteiger partial charge in [-0.25, -0.2) is 0 Å². The summed E-state index contributed by atoms with van der Waals surface area (Å²) in [4.78, 5) is 26.6. The molecule has 232 valence electrons. The summed E-state index contributed by atoms with van der Waals surface area (Å²) in [6.45, 7) is 17.7. The quantitative estimate of drug-likeness (QED) is 0.0656. The van der Waals surface area contributed by atoms with Crippen molar-refractivity contribution in [3.63, 3.8) is 0 Å². The number of carbonyl (C=O) groups is 2.